The summed E-state index contributed by atoms with van der Waals surface area (Å²) in [5, 5.41) is 9.04. The monoisotopic (exact) mass is 345 g/mol. The molecule has 6 nitrogen and oxygen atoms in total. The predicted octanol–water partition coefficient (Wildman–Crippen LogP) is 3.12. The average Bonchev–Trinajstić information content (AvgIpc) is 2.65. The van der Waals surface area contributed by atoms with Crippen LogP contribution in [0.2, 0.25) is 0 Å². The maximum atomic E-state index is 12.7. The van der Waals surface area contributed by atoms with Crippen molar-refractivity contribution in [1.29, 1.82) is 0 Å². The molecule has 0 aliphatic carbocycles. The van der Waals surface area contributed by atoms with Crippen LogP contribution >= 0.6 is 0 Å². The number of aliphatic imine (C=N–C) groups is 1. The first-order valence-corrected chi connectivity index (χ1v) is 8.38. The maximum Gasteiger partial charge on any atom is 0.354 e. The number of hydrogen-bond donors (Lipinski definition) is 1. The van der Waals surface area contributed by atoms with Gasteiger partial charge in [-0.05, 0) is 24.5 Å². The van der Waals surface area contributed by atoms with Gasteiger partial charge in [0.05, 0.1) is 6.61 Å². The van der Waals surface area contributed by atoms with Gasteiger partial charge in [-0.25, -0.2) is 9.59 Å². The highest BCUT2D eigenvalue weighted by Gasteiger charge is 2.42. The summed E-state index contributed by atoms with van der Waals surface area (Å²) in [6.45, 7) is 4.08. The number of carbonyl (C=O) groups is 2. The third-order valence-electron chi connectivity index (χ3n) is 4.10. The van der Waals surface area contributed by atoms with Crippen molar-refractivity contribution in [3.8, 4) is 0 Å². The van der Waals surface area contributed by atoms with Gasteiger partial charge < -0.3 is 14.6 Å². The molecule has 0 bridgehead atoms. The van der Waals surface area contributed by atoms with Crippen LogP contribution in [0.3, 0.4) is 0 Å². The zero-order valence-corrected chi connectivity index (χ0v) is 14.5. The number of ether oxygens (including phenoxy) is 2. The Labute approximate surface area is 147 Å². The van der Waals surface area contributed by atoms with E-state index in [0.717, 1.165) is 5.56 Å². The third kappa shape index (κ3) is 4.76. The molecule has 0 amide bonds. The Bertz CT molecular complexity index is 664. The lowest BCUT2D eigenvalue weighted by Gasteiger charge is -2.30. The Hall–Kier alpha value is -2.47. The summed E-state index contributed by atoms with van der Waals surface area (Å²) in [6.07, 6.45) is 3.91. The molecule has 25 heavy (non-hydrogen) atoms. The van der Waals surface area contributed by atoms with E-state index >= 15 is 0 Å². The summed E-state index contributed by atoms with van der Waals surface area (Å²) < 4.78 is 11.4. The van der Waals surface area contributed by atoms with Crippen molar-refractivity contribution >= 4 is 18.2 Å². The van der Waals surface area contributed by atoms with Crippen LogP contribution in [0.4, 0.5) is 0 Å². The summed E-state index contributed by atoms with van der Waals surface area (Å²) in [4.78, 5) is 27.7. The number of esters is 1. The highest BCUT2D eigenvalue weighted by Crippen LogP contribution is 2.26. The van der Waals surface area contributed by atoms with E-state index < -0.39 is 17.5 Å². The quantitative estimate of drug-likeness (QED) is 0.732. The summed E-state index contributed by atoms with van der Waals surface area (Å²) >= 11 is 0. The number of hydrogen-bond acceptors (Lipinski definition) is 5. The minimum absolute atomic E-state index is 0.0734. The van der Waals surface area contributed by atoms with Crippen molar-refractivity contribution in [2.75, 3.05) is 0 Å². The molecule has 0 spiro atoms. The van der Waals surface area contributed by atoms with E-state index in [-0.39, 0.29) is 24.8 Å². The van der Waals surface area contributed by atoms with Crippen LogP contribution in [0.25, 0.3) is 0 Å². The first-order valence-electron chi connectivity index (χ1n) is 8.38. The van der Waals surface area contributed by atoms with Crippen molar-refractivity contribution in [1.82, 2.24) is 0 Å². The van der Waals surface area contributed by atoms with E-state index in [1.54, 1.807) is 0 Å². The topological polar surface area (TPSA) is 85.2 Å². The normalized spacial score (nSPS) is 19.6. The molecule has 1 aromatic rings. The highest BCUT2D eigenvalue weighted by atomic mass is 16.6. The fraction of sp³-hybridized carbons (Fsp3) is 0.421. The molecular weight excluding hydrogens is 322 g/mol. The van der Waals surface area contributed by atoms with Crippen molar-refractivity contribution in [2.45, 2.75) is 51.4 Å². The number of nitrogens with zero attached hydrogens (tertiary/aromatic N) is 1. The zero-order chi connectivity index (χ0) is 18.3. The Kier molecular flexibility index (Phi) is 6.47. The first kappa shape index (κ1) is 18.9. The van der Waals surface area contributed by atoms with Gasteiger partial charge in [0.15, 0.2) is 0 Å². The molecule has 0 saturated carbocycles. The summed E-state index contributed by atoms with van der Waals surface area (Å²) in [6, 6.07) is 9.43. The lowest BCUT2D eigenvalue weighted by Crippen LogP contribution is -2.46. The van der Waals surface area contributed by atoms with Crippen LogP contribution in [-0.4, -0.2) is 35.0 Å². The van der Waals surface area contributed by atoms with E-state index in [9.17, 15) is 9.59 Å². The SMILES string of the molecule is CCC(CC)OC(=O)C1(OCc2ccccc2)C=NC(C(=O)O)=CC1. The second-order valence-corrected chi connectivity index (χ2v) is 5.86. The fourth-order valence-electron chi connectivity index (χ4n) is 2.45. The molecular formula is C19H23NO5. The smallest absolute Gasteiger partial charge is 0.354 e. The van der Waals surface area contributed by atoms with Gasteiger partial charge in [-0.2, -0.15) is 0 Å². The highest BCUT2D eigenvalue weighted by molar-refractivity contribution is 6.02. The average molecular weight is 345 g/mol. The molecule has 1 aliphatic rings. The fourth-order valence-corrected chi connectivity index (χ4v) is 2.45. The molecule has 1 unspecified atom stereocenters. The van der Waals surface area contributed by atoms with E-state index in [1.807, 2.05) is 44.2 Å². The van der Waals surface area contributed by atoms with Crippen molar-refractivity contribution in [2.24, 2.45) is 4.99 Å². The number of carboxylic acid groups (broad SMARTS) is 1. The van der Waals surface area contributed by atoms with Crippen molar-refractivity contribution < 1.29 is 24.2 Å². The Morgan fingerprint density at radius 2 is 1.92 bits per heavy atom. The number of rotatable bonds is 8. The van der Waals surface area contributed by atoms with Crippen LogP contribution in [0.15, 0.2) is 47.1 Å². The van der Waals surface area contributed by atoms with Crippen LogP contribution in [0.1, 0.15) is 38.7 Å². The molecule has 0 fully saturated rings. The molecule has 0 radical (unpaired) electrons. The molecule has 1 heterocycles. The molecule has 6 heteroatoms. The minimum atomic E-state index is -1.41. The van der Waals surface area contributed by atoms with Crippen molar-refractivity contribution in [3.63, 3.8) is 0 Å². The minimum Gasteiger partial charge on any atom is -0.477 e. The molecule has 0 aromatic heterocycles. The van der Waals surface area contributed by atoms with Gasteiger partial charge in [0.1, 0.15) is 11.8 Å². The van der Waals surface area contributed by atoms with Crippen LogP contribution < -0.4 is 0 Å². The molecule has 2 rings (SSSR count). The Morgan fingerprint density at radius 3 is 2.44 bits per heavy atom. The van der Waals surface area contributed by atoms with Gasteiger partial charge in [-0.3, -0.25) is 4.99 Å². The van der Waals surface area contributed by atoms with Crippen LogP contribution in [-0.2, 0) is 25.7 Å². The number of benzene rings is 1. The second kappa shape index (κ2) is 8.58. The van der Waals surface area contributed by atoms with Crippen LogP contribution in [0.5, 0.6) is 0 Å². The molecule has 1 atom stereocenters. The summed E-state index contributed by atoms with van der Waals surface area (Å²) in [5.41, 5.74) is -0.606. The van der Waals surface area contributed by atoms with Gasteiger partial charge in [-0.15, -0.1) is 0 Å². The van der Waals surface area contributed by atoms with E-state index in [4.69, 9.17) is 14.6 Å². The van der Waals surface area contributed by atoms with Gasteiger partial charge in [0.25, 0.3) is 0 Å². The second-order valence-electron chi connectivity index (χ2n) is 5.86. The number of carboxylic acids is 1. The largest absolute Gasteiger partial charge is 0.477 e. The van der Waals surface area contributed by atoms with Crippen molar-refractivity contribution in [3.05, 3.63) is 47.7 Å². The molecule has 1 aromatic carbocycles. The van der Waals surface area contributed by atoms with E-state index in [2.05, 4.69) is 4.99 Å². The molecule has 1 N–H and O–H groups in total. The van der Waals surface area contributed by atoms with E-state index in [1.165, 1.54) is 12.3 Å². The Morgan fingerprint density at radius 1 is 1.24 bits per heavy atom. The number of aliphatic carboxylic acids is 1. The number of carbonyl (C=O) groups excluding carboxylic acids is 1. The first-order chi connectivity index (χ1) is 12.0. The lowest BCUT2D eigenvalue weighted by atomic mass is 9.97. The van der Waals surface area contributed by atoms with Crippen LogP contribution in [0, 0.1) is 0 Å². The van der Waals surface area contributed by atoms with E-state index in [0.29, 0.717) is 12.8 Å². The van der Waals surface area contributed by atoms with Gasteiger partial charge in [0, 0.05) is 12.6 Å². The summed E-state index contributed by atoms with van der Waals surface area (Å²) in [5.74, 6) is -1.68. The third-order valence-corrected chi connectivity index (χ3v) is 4.10. The van der Waals surface area contributed by atoms with Gasteiger partial charge in [-0.1, -0.05) is 44.2 Å². The zero-order valence-electron chi connectivity index (χ0n) is 14.5. The molecule has 0 saturated heterocycles. The lowest BCUT2D eigenvalue weighted by molar-refractivity contribution is -0.170. The predicted molar refractivity (Wildman–Crippen MR) is 93.3 cm³/mol. The molecule has 1 aliphatic heterocycles. The maximum absolute atomic E-state index is 12.7. The summed E-state index contributed by atoms with van der Waals surface area (Å²) in [7, 11) is 0. The standard InChI is InChI=1S/C19H23NO5/c1-3-15(4-2)25-18(23)19(11-10-16(17(21)22)20-13-19)24-12-14-8-6-5-7-9-14/h5-10,13,15H,3-4,11-12H2,1-2H3,(H,21,22). The van der Waals surface area contributed by atoms with Gasteiger partial charge >= 0.3 is 11.9 Å². The van der Waals surface area contributed by atoms with Gasteiger partial charge in [0.2, 0.25) is 5.60 Å². The molecule has 134 valence electrons. The Balaban J connectivity index is 2.18.